The van der Waals surface area contributed by atoms with Gasteiger partial charge in [-0.05, 0) is 12.1 Å². The van der Waals surface area contributed by atoms with Crippen LogP contribution in [0.5, 0.6) is 0 Å². The molecule has 0 fully saturated rings. The molecule has 2 aromatic rings. The fourth-order valence-corrected chi connectivity index (χ4v) is 1.72. The third kappa shape index (κ3) is 2.59. The molecule has 96 valence electrons. The first-order valence-electron chi connectivity index (χ1n) is 5.21. The van der Waals surface area contributed by atoms with Gasteiger partial charge in [-0.15, -0.1) is 11.6 Å². The van der Waals surface area contributed by atoms with Gasteiger partial charge >= 0.3 is 0 Å². The van der Waals surface area contributed by atoms with Crippen molar-refractivity contribution in [2.45, 2.75) is 13.0 Å². The molecule has 0 aliphatic heterocycles. The molecule has 0 saturated heterocycles. The molecule has 4 nitrogen and oxygen atoms in total. The maximum atomic E-state index is 12.4. The molecule has 0 spiro atoms. The van der Waals surface area contributed by atoms with Crippen LogP contribution in [0.2, 0.25) is 0 Å². The zero-order valence-corrected chi connectivity index (χ0v) is 9.99. The Morgan fingerprint density at radius 2 is 2.17 bits per heavy atom. The largest absolute Gasteiger partial charge is 0.308 e. The van der Waals surface area contributed by atoms with Crippen LogP contribution in [0.15, 0.2) is 24.3 Å². The molecule has 0 aliphatic carbocycles. The van der Waals surface area contributed by atoms with Crippen molar-refractivity contribution in [2.75, 3.05) is 11.2 Å². The Kier molecular flexibility index (Phi) is 3.76. The summed E-state index contributed by atoms with van der Waals surface area (Å²) in [6.07, 6.45) is -2.51. The number of rotatable bonds is 4. The molecule has 1 N–H and O–H groups in total. The number of alkyl halides is 3. The molecular weight excluding hydrogens is 264 g/mol. The Morgan fingerprint density at radius 1 is 1.44 bits per heavy atom. The average Bonchev–Trinajstić information content (AvgIpc) is 2.67. The number of anilines is 1. The number of nitrogens with zero attached hydrogens (tertiary/aromatic N) is 2. The highest BCUT2D eigenvalue weighted by molar-refractivity contribution is 6.29. The van der Waals surface area contributed by atoms with E-state index in [4.69, 9.17) is 11.6 Å². The lowest BCUT2D eigenvalue weighted by Crippen LogP contribution is -2.14. The number of aromatic nitrogens is 2. The van der Waals surface area contributed by atoms with Crippen molar-refractivity contribution < 1.29 is 13.6 Å². The topological polar surface area (TPSA) is 46.9 Å². The minimum atomic E-state index is -2.51. The lowest BCUT2D eigenvalue weighted by atomic mass is 10.2. The maximum absolute atomic E-state index is 12.4. The summed E-state index contributed by atoms with van der Waals surface area (Å²) in [5, 5.41) is 7.05. The van der Waals surface area contributed by atoms with E-state index in [9.17, 15) is 13.6 Å². The molecule has 1 heterocycles. The predicted molar refractivity (Wildman–Crippen MR) is 65.1 cm³/mol. The van der Waals surface area contributed by atoms with Crippen molar-refractivity contribution in [1.82, 2.24) is 9.78 Å². The summed E-state index contributed by atoms with van der Waals surface area (Å²) in [7, 11) is 0. The molecule has 0 atom stereocenters. The molecule has 0 bridgehead atoms. The van der Waals surface area contributed by atoms with Gasteiger partial charge in [-0.3, -0.25) is 9.48 Å². The van der Waals surface area contributed by atoms with Crippen LogP contribution in [0.4, 0.5) is 14.6 Å². The zero-order chi connectivity index (χ0) is 13.1. The molecule has 1 amide bonds. The second-order valence-corrected chi connectivity index (χ2v) is 3.89. The Morgan fingerprint density at radius 3 is 2.83 bits per heavy atom. The number of hydrogen-bond acceptors (Lipinski definition) is 2. The van der Waals surface area contributed by atoms with Crippen molar-refractivity contribution in [2.24, 2.45) is 0 Å². The van der Waals surface area contributed by atoms with E-state index in [0.29, 0.717) is 10.9 Å². The van der Waals surface area contributed by atoms with Crippen molar-refractivity contribution in [3.63, 3.8) is 0 Å². The lowest BCUT2D eigenvalue weighted by Gasteiger charge is -2.01. The molecule has 7 heteroatoms. The van der Waals surface area contributed by atoms with E-state index in [1.54, 1.807) is 24.3 Å². The van der Waals surface area contributed by atoms with E-state index >= 15 is 0 Å². The van der Waals surface area contributed by atoms with Gasteiger partial charge in [0.15, 0.2) is 5.82 Å². The highest BCUT2D eigenvalue weighted by Gasteiger charge is 2.14. The Labute approximate surface area is 107 Å². The van der Waals surface area contributed by atoms with Crippen LogP contribution in [0.3, 0.4) is 0 Å². The summed E-state index contributed by atoms with van der Waals surface area (Å²) in [6.45, 7) is -0.517. The molecule has 0 saturated carbocycles. The van der Waals surface area contributed by atoms with E-state index in [1.807, 2.05) is 0 Å². The standard InChI is InChI=1S/C11H10ClF2N3O/c12-5-10(18)15-11-7-3-1-2-4-8(7)17(16-11)6-9(13)14/h1-4,9H,5-6H2,(H,15,16,18). The van der Waals surface area contributed by atoms with Gasteiger partial charge in [0.05, 0.1) is 5.52 Å². The van der Waals surface area contributed by atoms with Crippen LogP contribution >= 0.6 is 11.6 Å². The van der Waals surface area contributed by atoms with Crippen LogP contribution in [0.1, 0.15) is 0 Å². The second kappa shape index (κ2) is 5.30. The number of nitrogens with one attached hydrogen (secondary N) is 1. The highest BCUT2D eigenvalue weighted by Crippen LogP contribution is 2.23. The third-order valence-electron chi connectivity index (χ3n) is 2.35. The number of carbonyl (C=O) groups excluding carboxylic acids is 1. The first kappa shape index (κ1) is 12.8. The fraction of sp³-hybridized carbons (Fsp3) is 0.273. The average molecular weight is 274 g/mol. The number of carbonyl (C=O) groups is 1. The van der Waals surface area contributed by atoms with E-state index in [0.717, 1.165) is 0 Å². The summed E-state index contributed by atoms with van der Waals surface area (Å²) in [6, 6.07) is 6.83. The molecule has 0 unspecified atom stereocenters. The monoisotopic (exact) mass is 273 g/mol. The molecule has 1 aromatic carbocycles. The van der Waals surface area contributed by atoms with Crippen molar-refractivity contribution in [3.8, 4) is 0 Å². The van der Waals surface area contributed by atoms with Crippen LogP contribution < -0.4 is 5.32 Å². The first-order valence-corrected chi connectivity index (χ1v) is 5.74. The molecule has 0 radical (unpaired) electrons. The van der Waals surface area contributed by atoms with Gasteiger partial charge in [0, 0.05) is 5.39 Å². The number of benzene rings is 1. The molecule has 18 heavy (non-hydrogen) atoms. The van der Waals surface area contributed by atoms with Gasteiger partial charge in [-0.25, -0.2) is 8.78 Å². The minimum Gasteiger partial charge on any atom is -0.308 e. The number of halogens is 3. The quantitative estimate of drug-likeness (QED) is 0.870. The second-order valence-electron chi connectivity index (χ2n) is 3.62. The highest BCUT2D eigenvalue weighted by atomic mass is 35.5. The normalized spacial score (nSPS) is 11.1. The van der Waals surface area contributed by atoms with Gasteiger partial charge in [0.2, 0.25) is 5.91 Å². The summed E-state index contributed by atoms with van der Waals surface area (Å²) in [5.74, 6) is -0.392. The first-order chi connectivity index (χ1) is 8.61. The zero-order valence-electron chi connectivity index (χ0n) is 9.24. The minimum absolute atomic E-state index is 0.212. The smallest absolute Gasteiger partial charge is 0.257 e. The molecular formula is C11H10ClF2N3O. The summed E-state index contributed by atoms with van der Waals surface area (Å²) >= 11 is 5.38. The van der Waals surface area contributed by atoms with Crippen molar-refractivity contribution in [1.29, 1.82) is 0 Å². The molecule has 0 aliphatic rings. The Balaban J connectivity index is 2.43. The Bertz CT molecular complexity index is 570. The van der Waals surface area contributed by atoms with E-state index in [1.165, 1.54) is 4.68 Å². The summed E-state index contributed by atoms with van der Waals surface area (Å²) in [4.78, 5) is 11.2. The van der Waals surface area contributed by atoms with Crippen LogP contribution in [-0.2, 0) is 11.3 Å². The maximum Gasteiger partial charge on any atom is 0.257 e. The number of amides is 1. The van der Waals surface area contributed by atoms with E-state index in [2.05, 4.69) is 10.4 Å². The molecule has 2 rings (SSSR count). The SMILES string of the molecule is O=C(CCl)Nc1nn(CC(F)F)c2ccccc12. The number of para-hydroxylation sites is 1. The van der Waals surface area contributed by atoms with Gasteiger partial charge in [-0.1, -0.05) is 12.1 Å². The molecule has 1 aromatic heterocycles. The van der Waals surface area contributed by atoms with Gasteiger partial charge in [0.25, 0.3) is 6.43 Å². The van der Waals surface area contributed by atoms with Gasteiger partial charge in [0.1, 0.15) is 12.4 Å². The van der Waals surface area contributed by atoms with Gasteiger partial charge < -0.3 is 5.32 Å². The van der Waals surface area contributed by atoms with Crippen LogP contribution in [-0.4, -0.2) is 28.0 Å². The Hall–Kier alpha value is -1.69. The van der Waals surface area contributed by atoms with Crippen LogP contribution in [0, 0.1) is 0 Å². The van der Waals surface area contributed by atoms with Crippen molar-refractivity contribution >= 4 is 34.2 Å². The van der Waals surface area contributed by atoms with Crippen molar-refractivity contribution in [3.05, 3.63) is 24.3 Å². The summed E-state index contributed by atoms with van der Waals surface area (Å²) < 4.78 is 26.0. The van der Waals surface area contributed by atoms with Gasteiger partial charge in [-0.2, -0.15) is 5.10 Å². The number of fused-ring (bicyclic) bond motifs is 1. The fourth-order valence-electron chi connectivity index (χ4n) is 1.66. The summed E-state index contributed by atoms with van der Waals surface area (Å²) in [5.41, 5.74) is 0.544. The number of hydrogen-bond donors (Lipinski definition) is 1. The predicted octanol–water partition coefficient (Wildman–Crippen LogP) is 2.48. The third-order valence-corrected chi connectivity index (χ3v) is 2.59. The van der Waals surface area contributed by atoms with E-state index < -0.39 is 18.9 Å². The van der Waals surface area contributed by atoms with E-state index in [-0.39, 0.29) is 11.7 Å². The lowest BCUT2D eigenvalue weighted by molar-refractivity contribution is -0.113. The van der Waals surface area contributed by atoms with Crippen LogP contribution in [0.25, 0.3) is 10.9 Å².